The number of hydrogen-bond donors (Lipinski definition) is 2. The highest BCUT2D eigenvalue weighted by molar-refractivity contribution is 9.11. The van der Waals surface area contributed by atoms with Crippen molar-refractivity contribution in [1.29, 1.82) is 0 Å². The van der Waals surface area contributed by atoms with Gasteiger partial charge < -0.3 is 10.4 Å². The van der Waals surface area contributed by atoms with E-state index in [1.807, 2.05) is 12.1 Å². The van der Waals surface area contributed by atoms with Crippen molar-refractivity contribution in [1.82, 2.24) is 10.2 Å². The maximum Gasteiger partial charge on any atom is 0.339 e. The molecule has 2 heterocycles. The molecule has 0 amide bonds. The van der Waals surface area contributed by atoms with E-state index in [9.17, 15) is 9.90 Å². The van der Waals surface area contributed by atoms with Gasteiger partial charge in [0.05, 0.1) is 9.48 Å². The molecule has 0 saturated carbocycles. The van der Waals surface area contributed by atoms with Crippen LogP contribution in [-0.4, -0.2) is 27.8 Å². The van der Waals surface area contributed by atoms with Crippen molar-refractivity contribution in [2.75, 3.05) is 11.9 Å². The molecular weight excluding hydrogens is 342 g/mol. The molecule has 0 saturated heterocycles. The second kappa shape index (κ2) is 6.32. The lowest BCUT2D eigenvalue weighted by Crippen LogP contribution is -2.14. The van der Waals surface area contributed by atoms with Crippen LogP contribution in [0.5, 0.6) is 0 Å². The third-order valence-corrected chi connectivity index (χ3v) is 4.64. The highest BCUT2D eigenvalue weighted by atomic mass is 79.9. The van der Waals surface area contributed by atoms with Gasteiger partial charge in [-0.3, -0.25) is 0 Å². The lowest BCUT2D eigenvalue weighted by atomic mass is 10.1. The minimum absolute atomic E-state index is 0.199. The van der Waals surface area contributed by atoms with Crippen molar-refractivity contribution in [2.45, 2.75) is 20.3 Å². The summed E-state index contributed by atoms with van der Waals surface area (Å²) in [6.45, 7) is 4.11. The Labute approximate surface area is 129 Å². The molecule has 0 fully saturated rings. The summed E-state index contributed by atoms with van der Waals surface area (Å²) in [6, 6.07) is 4.04. The quantitative estimate of drug-likeness (QED) is 0.860. The molecule has 0 unspecified atom stereocenters. The van der Waals surface area contributed by atoms with E-state index < -0.39 is 5.97 Å². The molecule has 0 radical (unpaired) electrons. The summed E-state index contributed by atoms with van der Waals surface area (Å²) in [5.41, 5.74) is 1.48. The highest BCUT2D eigenvalue weighted by Crippen LogP contribution is 2.23. The van der Waals surface area contributed by atoms with E-state index in [2.05, 4.69) is 31.4 Å². The molecule has 2 aromatic rings. The second-order valence-electron chi connectivity index (χ2n) is 4.32. The number of aryl methyl sites for hydroxylation is 1. The average Bonchev–Trinajstić information content (AvgIpc) is 2.79. The zero-order valence-electron chi connectivity index (χ0n) is 11.1. The van der Waals surface area contributed by atoms with Crippen molar-refractivity contribution in [3.63, 3.8) is 0 Å². The minimum atomic E-state index is -0.984. The Morgan fingerprint density at radius 1 is 1.40 bits per heavy atom. The summed E-state index contributed by atoms with van der Waals surface area (Å²) in [5.74, 6) is -0.655. The highest BCUT2D eigenvalue weighted by Gasteiger charge is 2.17. The third kappa shape index (κ3) is 3.34. The van der Waals surface area contributed by atoms with Crippen LogP contribution in [0.2, 0.25) is 0 Å². The first-order chi connectivity index (χ1) is 9.49. The van der Waals surface area contributed by atoms with Crippen LogP contribution in [0.3, 0.4) is 0 Å². The fourth-order valence-electron chi connectivity index (χ4n) is 1.78. The number of aromatic carboxylic acids is 1. The van der Waals surface area contributed by atoms with Gasteiger partial charge in [0.2, 0.25) is 0 Å². The third-order valence-electron chi connectivity index (χ3n) is 2.96. The average molecular weight is 356 g/mol. The van der Waals surface area contributed by atoms with E-state index in [4.69, 9.17) is 0 Å². The number of aromatic nitrogens is 2. The van der Waals surface area contributed by atoms with E-state index in [1.165, 1.54) is 4.88 Å². The summed E-state index contributed by atoms with van der Waals surface area (Å²) < 4.78 is 1.09. The van der Waals surface area contributed by atoms with Crippen LogP contribution in [0.4, 0.5) is 5.82 Å². The first-order valence-electron chi connectivity index (χ1n) is 6.04. The lowest BCUT2D eigenvalue weighted by Gasteiger charge is -2.10. The van der Waals surface area contributed by atoms with Gasteiger partial charge in [0.1, 0.15) is 5.56 Å². The van der Waals surface area contributed by atoms with Gasteiger partial charge in [-0.25, -0.2) is 4.79 Å². The summed E-state index contributed by atoms with van der Waals surface area (Å²) in [6.07, 6.45) is 0.809. The van der Waals surface area contributed by atoms with E-state index >= 15 is 0 Å². The smallest absolute Gasteiger partial charge is 0.339 e. The maximum atomic E-state index is 11.3. The van der Waals surface area contributed by atoms with Crippen molar-refractivity contribution in [3.8, 4) is 0 Å². The van der Waals surface area contributed by atoms with Crippen molar-refractivity contribution < 1.29 is 9.90 Å². The van der Waals surface area contributed by atoms with Crippen molar-refractivity contribution in [3.05, 3.63) is 37.6 Å². The van der Waals surface area contributed by atoms with E-state index in [0.29, 0.717) is 23.6 Å². The Hall–Kier alpha value is -1.47. The Morgan fingerprint density at radius 3 is 2.75 bits per heavy atom. The predicted molar refractivity (Wildman–Crippen MR) is 82.7 cm³/mol. The van der Waals surface area contributed by atoms with Gasteiger partial charge in [-0.2, -0.15) is 5.10 Å². The van der Waals surface area contributed by atoms with Crippen LogP contribution in [0.15, 0.2) is 15.9 Å². The molecule has 7 heteroatoms. The largest absolute Gasteiger partial charge is 0.478 e. The van der Waals surface area contributed by atoms with Gasteiger partial charge in [-0.15, -0.1) is 16.4 Å². The van der Waals surface area contributed by atoms with Crippen LogP contribution < -0.4 is 5.32 Å². The van der Waals surface area contributed by atoms with E-state index in [-0.39, 0.29) is 5.56 Å². The first kappa shape index (κ1) is 14.9. The number of nitrogens with one attached hydrogen (secondary N) is 1. The molecule has 0 aliphatic carbocycles. The Bertz CT molecular complexity index is 643. The monoisotopic (exact) mass is 355 g/mol. The summed E-state index contributed by atoms with van der Waals surface area (Å²) in [7, 11) is 0. The van der Waals surface area contributed by atoms with Crippen LogP contribution in [0.1, 0.15) is 26.5 Å². The zero-order chi connectivity index (χ0) is 14.7. The van der Waals surface area contributed by atoms with Crippen molar-refractivity contribution >= 4 is 39.1 Å². The van der Waals surface area contributed by atoms with Gasteiger partial charge in [-0.05, 0) is 53.9 Å². The SMILES string of the molecule is Cc1nnc(NCCc2ccc(Br)s2)c(C(=O)O)c1C. The molecule has 0 aliphatic heterocycles. The number of rotatable bonds is 5. The fourth-order valence-corrected chi connectivity index (χ4v) is 3.27. The number of nitrogens with zero attached hydrogens (tertiary/aromatic N) is 2. The molecule has 2 N–H and O–H groups in total. The molecule has 2 rings (SSSR count). The number of anilines is 1. The summed E-state index contributed by atoms with van der Waals surface area (Å²) >= 11 is 5.08. The first-order valence-corrected chi connectivity index (χ1v) is 7.65. The topological polar surface area (TPSA) is 75.1 Å². The number of halogens is 1. The Morgan fingerprint density at radius 2 is 2.15 bits per heavy atom. The molecule has 5 nitrogen and oxygen atoms in total. The molecule has 0 spiro atoms. The number of hydrogen-bond acceptors (Lipinski definition) is 5. The van der Waals surface area contributed by atoms with Gasteiger partial charge in [-0.1, -0.05) is 0 Å². The van der Waals surface area contributed by atoms with Gasteiger partial charge in [0.15, 0.2) is 5.82 Å². The summed E-state index contributed by atoms with van der Waals surface area (Å²) in [5, 5.41) is 20.3. The van der Waals surface area contributed by atoms with Gasteiger partial charge >= 0.3 is 5.97 Å². The Kier molecular flexibility index (Phi) is 4.72. The molecule has 2 aromatic heterocycles. The number of carboxylic acids is 1. The van der Waals surface area contributed by atoms with Gasteiger partial charge in [0.25, 0.3) is 0 Å². The lowest BCUT2D eigenvalue weighted by molar-refractivity contribution is 0.0696. The molecule has 106 valence electrons. The maximum absolute atomic E-state index is 11.3. The molecule has 0 aliphatic rings. The molecule has 20 heavy (non-hydrogen) atoms. The number of carboxylic acid groups (broad SMARTS) is 1. The number of carbonyl (C=O) groups is 1. The number of thiophene rings is 1. The molecule has 0 bridgehead atoms. The Balaban J connectivity index is 2.09. The second-order valence-corrected chi connectivity index (χ2v) is 6.87. The van der Waals surface area contributed by atoms with Crippen molar-refractivity contribution in [2.24, 2.45) is 0 Å². The van der Waals surface area contributed by atoms with Crippen LogP contribution in [0, 0.1) is 13.8 Å². The van der Waals surface area contributed by atoms with Crippen LogP contribution >= 0.6 is 27.3 Å². The normalized spacial score (nSPS) is 10.6. The van der Waals surface area contributed by atoms with Crippen LogP contribution in [0.25, 0.3) is 0 Å². The van der Waals surface area contributed by atoms with E-state index in [1.54, 1.807) is 25.2 Å². The minimum Gasteiger partial charge on any atom is -0.478 e. The zero-order valence-corrected chi connectivity index (χ0v) is 13.5. The van der Waals surface area contributed by atoms with E-state index in [0.717, 1.165) is 10.2 Å². The van der Waals surface area contributed by atoms with Gasteiger partial charge in [0, 0.05) is 11.4 Å². The molecule has 0 atom stereocenters. The molecule has 0 aromatic carbocycles. The standard InChI is InChI=1S/C13H14BrN3O2S/c1-7-8(2)16-17-12(11(7)13(18)19)15-6-5-9-3-4-10(14)20-9/h3-4H,5-6H2,1-2H3,(H,15,17)(H,18,19). The molecular formula is C13H14BrN3O2S. The predicted octanol–water partition coefficient (Wildman–Crippen LogP) is 3.27. The summed E-state index contributed by atoms with van der Waals surface area (Å²) in [4.78, 5) is 12.5. The van der Waals surface area contributed by atoms with Crippen LogP contribution in [-0.2, 0) is 6.42 Å². The fraction of sp³-hybridized carbons (Fsp3) is 0.308.